The maximum absolute atomic E-state index is 11.9. The lowest BCUT2D eigenvalue weighted by Gasteiger charge is -2.10. The van der Waals surface area contributed by atoms with Crippen LogP contribution in [-0.2, 0) is 14.3 Å². The van der Waals surface area contributed by atoms with Crippen molar-refractivity contribution in [3.05, 3.63) is 11.1 Å². The highest BCUT2D eigenvalue weighted by Gasteiger charge is 2.20. The van der Waals surface area contributed by atoms with Crippen LogP contribution < -0.4 is 0 Å². The van der Waals surface area contributed by atoms with Gasteiger partial charge >= 0.3 is 5.97 Å². The largest absolute Gasteiger partial charge is 0.462 e. The summed E-state index contributed by atoms with van der Waals surface area (Å²) in [6, 6.07) is 0. The summed E-state index contributed by atoms with van der Waals surface area (Å²) in [4.78, 5) is 23.8. The fourth-order valence-corrected chi connectivity index (χ4v) is 1.65. The number of rotatable bonds is 9. The fraction of sp³-hybridized carbons (Fsp3) is 0.733. The van der Waals surface area contributed by atoms with Crippen molar-refractivity contribution in [1.82, 2.24) is 0 Å². The van der Waals surface area contributed by atoms with E-state index in [1.807, 2.05) is 13.8 Å². The fourth-order valence-electron chi connectivity index (χ4n) is 1.65. The van der Waals surface area contributed by atoms with Gasteiger partial charge in [0.1, 0.15) is 5.57 Å². The number of hydrogen-bond acceptors (Lipinski definition) is 3. The number of ketones is 1. The van der Waals surface area contributed by atoms with Gasteiger partial charge in [-0.3, -0.25) is 4.79 Å². The van der Waals surface area contributed by atoms with Crippen LogP contribution in [0.1, 0.15) is 66.2 Å². The molecule has 0 aromatic rings. The van der Waals surface area contributed by atoms with Crippen molar-refractivity contribution >= 4 is 11.8 Å². The van der Waals surface area contributed by atoms with Crippen LogP contribution in [0, 0.1) is 0 Å². The molecule has 0 atom stereocenters. The molecule has 0 saturated carbocycles. The molecule has 3 nitrogen and oxygen atoms in total. The molecule has 0 N–H and O–H groups in total. The zero-order chi connectivity index (χ0) is 14.0. The number of carbonyl (C=O) groups is 2. The second kappa shape index (κ2) is 9.86. The Hall–Kier alpha value is -1.12. The SMILES string of the molecule is CCCCOC(=O)C(C(=O)CC)=C(C)CCCC. The van der Waals surface area contributed by atoms with Crippen LogP contribution in [0.3, 0.4) is 0 Å². The zero-order valence-corrected chi connectivity index (χ0v) is 12.2. The molecule has 0 heterocycles. The lowest BCUT2D eigenvalue weighted by atomic mass is 9.99. The summed E-state index contributed by atoms with van der Waals surface area (Å²) in [6.45, 7) is 8.16. The quantitative estimate of drug-likeness (QED) is 0.206. The molecule has 3 heteroatoms. The molecule has 0 rings (SSSR count). The molecule has 0 aromatic heterocycles. The Kier molecular flexibility index (Phi) is 9.25. The minimum Gasteiger partial charge on any atom is -0.462 e. The van der Waals surface area contributed by atoms with Crippen molar-refractivity contribution in [2.24, 2.45) is 0 Å². The number of Topliss-reactive ketones (excluding diaryl/α,β-unsaturated/α-hetero) is 1. The number of allylic oxidation sites excluding steroid dienone is 1. The molecule has 0 aromatic carbocycles. The molecule has 0 bridgehead atoms. The Morgan fingerprint density at radius 2 is 1.61 bits per heavy atom. The lowest BCUT2D eigenvalue weighted by Crippen LogP contribution is -2.18. The van der Waals surface area contributed by atoms with Crippen molar-refractivity contribution in [3.8, 4) is 0 Å². The smallest absolute Gasteiger partial charge is 0.341 e. The predicted octanol–water partition coefficient (Wildman–Crippen LogP) is 3.82. The van der Waals surface area contributed by atoms with Gasteiger partial charge in [-0.25, -0.2) is 4.79 Å². The highest BCUT2D eigenvalue weighted by Crippen LogP contribution is 2.16. The summed E-state index contributed by atoms with van der Waals surface area (Å²) < 4.78 is 5.15. The van der Waals surface area contributed by atoms with E-state index in [0.29, 0.717) is 13.0 Å². The van der Waals surface area contributed by atoms with Gasteiger partial charge in [-0.15, -0.1) is 0 Å². The van der Waals surface area contributed by atoms with Crippen LogP contribution in [0.2, 0.25) is 0 Å². The van der Waals surface area contributed by atoms with Crippen molar-refractivity contribution in [2.75, 3.05) is 6.61 Å². The molecule has 0 radical (unpaired) electrons. The van der Waals surface area contributed by atoms with E-state index < -0.39 is 5.97 Å². The van der Waals surface area contributed by atoms with Gasteiger partial charge in [0.2, 0.25) is 0 Å². The van der Waals surface area contributed by atoms with E-state index in [9.17, 15) is 9.59 Å². The van der Waals surface area contributed by atoms with Crippen LogP contribution in [0.4, 0.5) is 0 Å². The molecule has 0 saturated heterocycles. The summed E-state index contributed by atoms with van der Waals surface area (Å²) in [6.07, 6.45) is 5.00. The van der Waals surface area contributed by atoms with Gasteiger partial charge < -0.3 is 4.74 Å². The topological polar surface area (TPSA) is 43.4 Å². The number of hydrogen-bond donors (Lipinski definition) is 0. The average Bonchev–Trinajstić information content (AvgIpc) is 2.36. The van der Waals surface area contributed by atoms with E-state index in [4.69, 9.17) is 4.74 Å². The summed E-state index contributed by atoms with van der Waals surface area (Å²) in [5.41, 5.74) is 1.15. The van der Waals surface area contributed by atoms with E-state index in [2.05, 4.69) is 6.92 Å². The zero-order valence-electron chi connectivity index (χ0n) is 12.2. The van der Waals surface area contributed by atoms with E-state index in [0.717, 1.165) is 37.7 Å². The molecule has 0 aliphatic rings. The molecule has 0 fully saturated rings. The summed E-state index contributed by atoms with van der Waals surface area (Å²) >= 11 is 0. The normalized spacial score (nSPS) is 12.0. The highest BCUT2D eigenvalue weighted by atomic mass is 16.5. The molecule has 0 amide bonds. The maximum Gasteiger partial charge on any atom is 0.341 e. The van der Waals surface area contributed by atoms with E-state index in [1.165, 1.54) is 0 Å². The van der Waals surface area contributed by atoms with Gasteiger partial charge in [-0.1, -0.05) is 39.2 Å². The van der Waals surface area contributed by atoms with Crippen LogP contribution in [-0.4, -0.2) is 18.4 Å². The number of ether oxygens (including phenoxy) is 1. The van der Waals surface area contributed by atoms with Crippen LogP contribution >= 0.6 is 0 Å². The number of unbranched alkanes of at least 4 members (excludes halogenated alkanes) is 2. The first kappa shape index (κ1) is 16.9. The Labute approximate surface area is 111 Å². The molecule has 104 valence electrons. The van der Waals surface area contributed by atoms with E-state index in [-0.39, 0.29) is 11.4 Å². The second-order valence-corrected chi connectivity index (χ2v) is 4.53. The lowest BCUT2D eigenvalue weighted by molar-refractivity contribution is -0.140. The number of esters is 1. The van der Waals surface area contributed by atoms with Crippen LogP contribution in [0.5, 0.6) is 0 Å². The van der Waals surface area contributed by atoms with Crippen LogP contribution in [0.25, 0.3) is 0 Å². The number of carbonyl (C=O) groups excluding carboxylic acids is 2. The van der Waals surface area contributed by atoms with Crippen molar-refractivity contribution in [1.29, 1.82) is 0 Å². The monoisotopic (exact) mass is 254 g/mol. The Morgan fingerprint density at radius 3 is 2.11 bits per heavy atom. The van der Waals surface area contributed by atoms with Gasteiger partial charge in [0.15, 0.2) is 5.78 Å². The van der Waals surface area contributed by atoms with Gasteiger partial charge in [0.25, 0.3) is 0 Å². The average molecular weight is 254 g/mol. The highest BCUT2D eigenvalue weighted by molar-refractivity contribution is 6.17. The van der Waals surface area contributed by atoms with Crippen molar-refractivity contribution in [2.45, 2.75) is 66.2 Å². The molecule has 0 unspecified atom stereocenters. The second-order valence-electron chi connectivity index (χ2n) is 4.53. The molecule has 0 aliphatic heterocycles. The van der Waals surface area contributed by atoms with E-state index in [1.54, 1.807) is 6.92 Å². The van der Waals surface area contributed by atoms with Gasteiger partial charge in [0.05, 0.1) is 6.61 Å². The Balaban J connectivity index is 4.76. The van der Waals surface area contributed by atoms with Gasteiger partial charge in [0, 0.05) is 6.42 Å². The van der Waals surface area contributed by atoms with Crippen LogP contribution in [0.15, 0.2) is 11.1 Å². The third-order valence-electron chi connectivity index (χ3n) is 2.87. The summed E-state index contributed by atoms with van der Waals surface area (Å²) in [5, 5.41) is 0. The van der Waals surface area contributed by atoms with E-state index >= 15 is 0 Å². The molecular formula is C15H26O3. The first-order valence-electron chi connectivity index (χ1n) is 6.98. The maximum atomic E-state index is 11.9. The Morgan fingerprint density at radius 1 is 1.00 bits per heavy atom. The minimum atomic E-state index is -0.441. The third kappa shape index (κ3) is 5.99. The molecular weight excluding hydrogens is 228 g/mol. The summed E-state index contributed by atoms with van der Waals surface area (Å²) in [7, 11) is 0. The first-order chi connectivity index (χ1) is 8.58. The molecule has 0 aliphatic carbocycles. The predicted molar refractivity (Wildman–Crippen MR) is 73.4 cm³/mol. The molecule has 0 spiro atoms. The standard InChI is InChI=1S/C15H26O3/c1-5-8-10-12(4)14(13(16)7-3)15(17)18-11-9-6-2/h5-11H2,1-4H3. The van der Waals surface area contributed by atoms with Gasteiger partial charge in [-0.05, 0) is 26.2 Å². The Bertz CT molecular complexity index is 303. The minimum absolute atomic E-state index is 0.106. The van der Waals surface area contributed by atoms with Crippen molar-refractivity contribution < 1.29 is 14.3 Å². The summed E-state index contributed by atoms with van der Waals surface area (Å²) in [5.74, 6) is -0.547. The third-order valence-corrected chi connectivity index (χ3v) is 2.87. The first-order valence-corrected chi connectivity index (χ1v) is 6.98. The van der Waals surface area contributed by atoms with Crippen molar-refractivity contribution in [3.63, 3.8) is 0 Å². The van der Waals surface area contributed by atoms with Gasteiger partial charge in [-0.2, -0.15) is 0 Å². The molecule has 18 heavy (non-hydrogen) atoms.